The summed E-state index contributed by atoms with van der Waals surface area (Å²) in [5, 5.41) is 13.3. The minimum absolute atomic E-state index is 0.102. The van der Waals surface area contributed by atoms with E-state index in [1.54, 1.807) is 0 Å². The van der Waals surface area contributed by atoms with E-state index in [9.17, 15) is 5.11 Å². The van der Waals surface area contributed by atoms with Crippen LogP contribution in [0.1, 0.15) is 38.5 Å². The summed E-state index contributed by atoms with van der Waals surface area (Å²) in [6.07, 6.45) is 11.2. The molecule has 0 unspecified atom stereocenters. The summed E-state index contributed by atoms with van der Waals surface area (Å²) < 4.78 is 0. The average molecular weight is 181 g/mol. The van der Waals surface area contributed by atoms with Crippen LogP contribution >= 0.6 is 0 Å². The summed E-state index contributed by atoms with van der Waals surface area (Å²) in [6, 6.07) is 0.955. The number of aliphatic hydroxyl groups excluding tert-OH is 1. The summed E-state index contributed by atoms with van der Waals surface area (Å²) >= 11 is 0. The molecule has 1 fully saturated rings. The Labute approximate surface area is 80.0 Å². The molecule has 2 aliphatic rings. The molecule has 2 nitrogen and oxygen atoms in total. The minimum atomic E-state index is -0.102. The van der Waals surface area contributed by atoms with E-state index < -0.39 is 0 Å². The van der Waals surface area contributed by atoms with Crippen LogP contribution < -0.4 is 5.32 Å². The van der Waals surface area contributed by atoms with Crippen LogP contribution in [0.15, 0.2) is 12.2 Å². The summed E-state index contributed by atoms with van der Waals surface area (Å²) in [6.45, 7) is 0. The molecule has 0 aromatic rings. The van der Waals surface area contributed by atoms with Crippen LogP contribution in [-0.4, -0.2) is 23.3 Å². The maximum atomic E-state index is 9.75. The quantitative estimate of drug-likeness (QED) is 0.634. The van der Waals surface area contributed by atoms with Gasteiger partial charge in [-0.05, 0) is 25.7 Å². The Kier molecular flexibility index (Phi) is 3.01. The van der Waals surface area contributed by atoms with Gasteiger partial charge in [0.1, 0.15) is 0 Å². The number of rotatable bonds is 2. The van der Waals surface area contributed by atoms with Crippen LogP contribution in [0.2, 0.25) is 0 Å². The lowest BCUT2D eigenvalue weighted by atomic mass is 9.92. The molecule has 0 spiro atoms. The maximum absolute atomic E-state index is 9.75. The highest BCUT2D eigenvalue weighted by Crippen LogP contribution is 2.20. The van der Waals surface area contributed by atoms with Gasteiger partial charge in [0.05, 0.1) is 6.10 Å². The predicted molar refractivity (Wildman–Crippen MR) is 53.6 cm³/mol. The Morgan fingerprint density at radius 3 is 2.46 bits per heavy atom. The monoisotopic (exact) mass is 181 g/mol. The second-order valence-electron chi connectivity index (χ2n) is 4.26. The van der Waals surface area contributed by atoms with Gasteiger partial charge in [-0.2, -0.15) is 0 Å². The first-order valence-electron chi connectivity index (χ1n) is 5.45. The molecule has 2 aliphatic carbocycles. The molecule has 0 amide bonds. The Balaban J connectivity index is 1.78. The van der Waals surface area contributed by atoms with E-state index >= 15 is 0 Å². The Hall–Kier alpha value is -0.340. The number of aliphatic hydroxyl groups is 1. The molecule has 0 heterocycles. The van der Waals surface area contributed by atoms with Gasteiger partial charge < -0.3 is 10.4 Å². The van der Waals surface area contributed by atoms with E-state index in [4.69, 9.17) is 0 Å². The largest absolute Gasteiger partial charge is 0.392 e. The molecular weight excluding hydrogens is 162 g/mol. The van der Waals surface area contributed by atoms with Crippen LogP contribution in [0.3, 0.4) is 0 Å². The fraction of sp³-hybridized carbons (Fsp3) is 0.818. The van der Waals surface area contributed by atoms with Gasteiger partial charge in [0.25, 0.3) is 0 Å². The summed E-state index contributed by atoms with van der Waals surface area (Å²) in [5.74, 6) is 0. The van der Waals surface area contributed by atoms with Gasteiger partial charge in [0.15, 0.2) is 0 Å². The van der Waals surface area contributed by atoms with Crippen molar-refractivity contribution in [2.75, 3.05) is 0 Å². The molecule has 0 aromatic carbocycles. The van der Waals surface area contributed by atoms with Crippen LogP contribution in [0, 0.1) is 0 Å². The number of hydrogen-bond donors (Lipinski definition) is 2. The molecule has 2 rings (SSSR count). The fourth-order valence-electron chi connectivity index (χ4n) is 2.36. The summed E-state index contributed by atoms with van der Waals surface area (Å²) in [4.78, 5) is 0. The summed E-state index contributed by atoms with van der Waals surface area (Å²) in [5.41, 5.74) is 0. The van der Waals surface area contributed by atoms with Crippen LogP contribution in [0.25, 0.3) is 0 Å². The Bertz CT molecular complexity index is 183. The van der Waals surface area contributed by atoms with E-state index in [1.807, 2.05) is 0 Å². The lowest BCUT2D eigenvalue weighted by Crippen LogP contribution is -2.46. The maximum Gasteiger partial charge on any atom is 0.0693 e. The van der Waals surface area contributed by atoms with E-state index in [1.165, 1.54) is 12.8 Å². The zero-order valence-electron chi connectivity index (χ0n) is 8.08. The topological polar surface area (TPSA) is 32.3 Å². The normalized spacial score (nSPS) is 35.5. The molecule has 0 bridgehead atoms. The van der Waals surface area contributed by atoms with Gasteiger partial charge in [-0.3, -0.25) is 0 Å². The van der Waals surface area contributed by atoms with Crippen molar-refractivity contribution in [2.24, 2.45) is 0 Å². The van der Waals surface area contributed by atoms with Gasteiger partial charge in [0.2, 0.25) is 0 Å². The van der Waals surface area contributed by atoms with Crippen molar-refractivity contribution >= 4 is 0 Å². The zero-order valence-corrected chi connectivity index (χ0v) is 8.08. The highest BCUT2D eigenvalue weighted by atomic mass is 16.3. The third-order valence-electron chi connectivity index (χ3n) is 3.19. The highest BCUT2D eigenvalue weighted by molar-refractivity contribution is 4.99. The average Bonchev–Trinajstić information content (AvgIpc) is 2.61. The number of hydrogen-bond acceptors (Lipinski definition) is 2. The van der Waals surface area contributed by atoms with Crippen molar-refractivity contribution in [3.8, 4) is 0 Å². The second-order valence-corrected chi connectivity index (χ2v) is 4.26. The second kappa shape index (κ2) is 4.25. The zero-order chi connectivity index (χ0) is 9.10. The fourth-order valence-corrected chi connectivity index (χ4v) is 2.36. The highest BCUT2D eigenvalue weighted by Gasteiger charge is 2.25. The molecule has 0 radical (unpaired) electrons. The SMILES string of the molecule is O[C@H]1CCCC[C@@H]1NC1CC=CC1. The molecular formula is C11H19NO. The molecule has 1 saturated carbocycles. The van der Waals surface area contributed by atoms with E-state index in [0.717, 1.165) is 25.7 Å². The van der Waals surface area contributed by atoms with E-state index in [-0.39, 0.29) is 6.10 Å². The lowest BCUT2D eigenvalue weighted by Gasteiger charge is -2.31. The Morgan fingerprint density at radius 1 is 1.08 bits per heavy atom. The first kappa shape index (κ1) is 9.22. The van der Waals surface area contributed by atoms with Crippen LogP contribution in [0.5, 0.6) is 0 Å². The van der Waals surface area contributed by atoms with Gasteiger partial charge >= 0.3 is 0 Å². The first-order valence-corrected chi connectivity index (χ1v) is 5.45. The molecule has 2 N–H and O–H groups in total. The molecule has 0 saturated heterocycles. The lowest BCUT2D eigenvalue weighted by molar-refractivity contribution is 0.0856. The van der Waals surface area contributed by atoms with Gasteiger partial charge in [-0.25, -0.2) is 0 Å². The molecule has 0 aliphatic heterocycles. The van der Waals surface area contributed by atoms with Crippen molar-refractivity contribution in [3.05, 3.63) is 12.2 Å². The molecule has 2 heteroatoms. The van der Waals surface area contributed by atoms with E-state index in [0.29, 0.717) is 12.1 Å². The Morgan fingerprint density at radius 2 is 1.77 bits per heavy atom. The molecule has 2 atom stereocenters. The van der Waals surface area contributed by atoms with Crippen molar-refractivity contribution in [3.63, 3.8) is 0 Å². The molecule has 0 aromatic heterocycles. The van der Waals surface area contributed by atoms with Crippen LogP contribution in [-0.2, 0) is 0 Å². The molecule has 74 valence electrons. The van der Waals surface area contributed by atoms with Crippen molar-refractivity contribution < 1.29 is 5.11 Å². The minimum Gasteiger partial charge on any atom is -0.392 e. The molecule has 13 heavy (non-hydrogen) atoms. The van der Waals surface area contributed by atoms with Gasteiger partial charge in [0, 0.05) is 12.1 Å². The number of nitrogens with one attached hydrogen (secondary N) is 1. The standard InChI is InChI=1S/C11H19NO/c13-11-8-4-3-7-10(11)12-9-5-1-2-6-9/h1-2,9-13H,3-8H2/t10-,11-/m0/s1. The third kappa shape index (κ3) is 2.32. The van der Waals surface area contributed by atoms with Crippen LogP contribution in [0.4, 0.5) is 0 Å². The van der Waals surface area contributed by atoms with Crippen molar-refractivity contribution in [1.29, 1.82) is 0 Å². The predicted octanol–water partition coefficient (Wildman–Crippen LogP) is 1.60. The van der Waals surface area contributed by atoms with Gasteiger partial charge in [-0.1, -0.05) is 25.0 Å². The van der Waals surface area contributed by atoms with E-state index in [2.05, 4.69) is 17.5 Å². The van der Waals surface area contributed by atoms with Crippen molar-refractivity contribution in [1.82, 2.24) is 5.32 Å². The third-order valence-corrected chi connectivity index (χ3v) is 3.19. The smallest absolute Gasteiger partial charge is 0.0693 e. The summed E-state index contributed by atoms with van der Waals surface area (Å²) in [7, 11) is 0. The first-order chi connectivity index (χ1) is 6.36. The van der Waals surface area contributed by atoms with Crippen molar-refractivity contribution in [2.45, 2.75) is 56.7 Å². The van der Waals surface area contributed by atoms with Gasteiger partial charge in [-0.15, -0.1) is 0 Å².